The molecule has 0 aliphatic heterocycles. The molecule has 5 heteroatoms. The highest BCUT2D eigenvalue weighted by atomic mass is 79.9. The summed E-state index contributed by atoms with van der Waals surface area (Å²) in [5, 5.41) is 2.25. The molecule has 0 aromatic heterocycles. The van der Waals surface area contributed by atoms with Crippen LogP contribution in [0.5, 0.6) is 0 Å². The van der Waals surface area contributed by atoms with Crippen LogP contribution in [0.4, 0.5) is 11.4 Å². The largest absolute Gasteiger partial charge is 0.369 e. The first-order valence-electron chi connectivity index (χ1n) is 6.96. The van der Waals surface area contributed by atoms with Crippen molar-refractivity contribution in [2.75, 3.05) is 11.9 Å². The third kappa shape index (κ3) is 3.84. The van der Waals surface area contributed by atoms with Crippen molar-refractivity contribution in [1.29, 1.82) is 0 Å². The number of benzene rings is 3. The lowest BCUT2D eigenvalue weighted by atomic mass is 10.1. The topological polar surface area (TPSA) is 41.6 Å². The lowest BCUT2D eigenvalue weighted by molar-refractivity contribution is 1.22. The Labute approximate surface area is 150 Å². The molecular formula is C18H17BrClN3. The molecule has 3 aromatic rings. The zero-order chi connectivity index (χ0) is 15.5. The van der Waals surface area contributed by atoms with E-state index in [1.807, 2.05) is 60.5 Å². The van der Waals surface area contributed by atoms with Gasteiger partial charge in [0.1, 0.15) is 0 Å². The van der Waals surface area contributed by atoms with Gasteiger partial charge in [0.2, 0.25) is 5.96 Å². The molecule has 0 bridgehead atoms. The molecule has 23 heavy (non-hydrogen) atoms. The summed E-state index contributed by atoms with van der Waals surface area (Å²) in [4.78, 5) is 6.47. The van der Waals surface area contributed by atoms with Crippen molar-refractivity contribution in [2.45, 2.75) is 0 Å². The number of hydrogen-bond acceptors (Lipinski definition) is 1. The molecule has 3 rings (SSSR count). The number of guanidine groups is 1. The molecule has 0 saturated heterocycles. The number of hydrogen-bond donors (Lipinski definition) is 1. The lowest BCUT2D eigenvalue weighted by Crippen LogP contribution is -2.33. The maximum atomic E-state index is 6.18. The number of halogens is 2. The Morgan fingerprint density at radius 3 is 2.48 bits per heavy atom. The van der Waals surface area contributed by atoms with Crippen LogP contribution >= 0.6 is 28.3 Å². The smallest absolute Gasteiger partial charge is 0.200 e. The fourth-order valence-electron chi connectivity index (χ4n) is 2.32. The first kappa shape index (κ1) is 17.3. The molecule has 0 spiro atoms. The molecule has 118 valence electrons. The number of anilines is 1. The van der Waals surface area contributed by atoms with Crippen molar-refractivity contribution < 1.29 is 0 Å². The van der Waals surface area contributed by atoms with E-state index in [9.17, 15) is 0 Å². The minimum Gasteiger partial charge on any atom is -0.369 e. The highest BCUT2D eigenvalue weighted by Crippen LogP contribution is 2.26. The van der Waals surface area contributed by atoms with Gasteiger partial charge in [-0.2, -0.15) is 0 Å². The van der Waals surface area contributed by atoms with E-state index in [1.54, 1.807) is 0 Å². The SMILES string of the molecule is CN(C(N)=Nc1cccc2ccccc12)c1cccc(Br)c1.Cl. The van der Waals surface area contributed by atoms with Crippen LogP contribution in [0.15, 0.2) is 76.2 Å². The summed E-state index contributed by atoms with van der Waals surface area (Å²) in [5.74, 6) is 0.453. The van der Waals surface area contributed by atoms with Gasteiger partial charge in [-0.15, -0.1) is 12.4 Å². The van der Waals surface area contributed by atoms with E-state index in [1.165, 1.54) is 0 Å². The minimum atomic E-state index is 0. The second kappa shape index (κ2) is 7.49. The van der Waals surface area contributed by atoms with Gasteiger partial charge in [0.05, 0.1) is 5.69 Å². The van der Waals surface area contributed by atoms with E-state index in [-0.39, 0.29) is 12.4 Å². The van der Waals surface area contributed by atoms with Crippen LogP contribution in [0.2, 0.25) is 0 Å². The van der Waals surface area contributed by atoms with Gasteiger partial charge in [-0.3, -0.25) is 0 Å². The van der Waals surface area contributed by atoms with Crippen molar-refractivity contribution in [3.05, 3.63) is 71.2 Å². The van der Waals surface area contributed by atoms with Crippen molar-refractivity contribution in [3.8, 4) is 0 Å². The fraction of sp³-hybridized carbons (Fsp3) is 0.0556. The molecule has 0 unspecified atom stereocenters. The van der Waals surface area contributed by atoms with E-state index < -0.39 is 0 Å². The standard InChI is InChI=1S/C18H16BrN3.ClH/c1-22(15-9-5-8-14(19)12-15)18(20)21-17-11-4-7-13-6-2-3-10-16(13)17;/h2-12H,1H3,(H2,20,21);1H. The zero-order valence-electron chi connectivity index (χ0n) is 12.6. The fourth-order valence-corrected chi connectivity index (χ4v) is 2.71. The highest BCUT2D eigenvalue weighted by molar-refractivity contribution is 9.10. The Balaban J connectivity index is 0.00000192. The summed E-state index contributed by atoms with van der Waals surface area (Å²) in [5.41, 5.74) is 8.04. The molecular weight excluding hydrogens is 374 g/mol. The molecule has 0 fully saturated rings. The van der Waals surface area contributed by atoms with Crippen molar-refractivity contribution >= 4 is 56.4 Å². The van der Waals surface area contributed by atoms with Gasteiger partial charge >= 0.3 is 0 Å². The Bertz CT molecular complexity index is 843. The van der Waals surface area contributed by atoms with E-state index in [4.69, 9.17) is 5.73 Å². The van der Waals surface area contributed by atoms with Crippen LogP contribution in [0, 0.1) is 0 Å². The molecule has 0 radical (unpaired) electrons. The van der Waals surface area contributed by atoms with Crippen LogP contribution in [0.3, 0.4) is 0 Å². The summed E-state index contributed by atoms with van der Waals surface area (Å²) >= 11 is 3.47. The maximum Gasteiger partial charge on any atom is 0.200 e. The second-order valence-corrected chi connectivity index (χ2v) is 5.92. The van der Waals surface area contributed by atoms with Gasteiger partial charge in [-0.1, -0.05) is 58.4 Å². The first-order valence-corrected chi connectivity index (χ1v) is 7.76. The van der Waals surface area contributed by atoms with Gasteiger partial charge < -0.3 is 10.6 Å². The molecule has 0 saturated carbocycles. The van der Waals surface area contributed by atoms with Gasteiger partial charge in [0.15, 0.2) is 0 Å². The number of nitrogens with zero attached hydrogens (tertiary/aromatic N) is 2. The summed E-state index contributed by atoms with van der Waals surface area (Å²) in [6, 6.07) is 22.2. The summed E-state index contributed by atoms with van der Waals surface area (Å²) < 4.78 is 1.01. The summed E-state index contributed by atoms with van der Waals surface area (Å²) in [6.07, 6.45) is 0. The number of fused-ring (bicyclic) bond motifs is 1. The maximum absolute atomic E-state index is 6.18. The van der Waals surface area contributed by atoms with Gasteiger partial charge in [0.25, 0.3) is 0 Å². The molecule has 0 aliphatic carbocycles. The van der Waals surface area contributed by atoms with E-state index >= 15 is 0 Å². The number of rotatable bonds is 2. The number of nitrogens with two attached hydrogens (primary N) is 1. The third-order valence-corrected chi connectivity index (χ3v) is 4.03. The second-order valence-electron chi connectivity index (χ2n) is 5.01. The average molecular weight is 391 g/mol. The predicted octanol–water partition coefficient (Wildman–Crippen LogP) is 5.11. The van der Waals surface area contributed by atoms with Gasteiger partial charge in [0, 0.05) is 22.6 Å². The molecule has 0 heterocycles. The predicted molar refractivity (Wildman–Crippen MR) is 105 cm³/mol. The summed E-state index contributed by atoms with van der Waals surface area (Å²) in [6.45, 7) is 0. The molecule has 2 N–H and O–H groups in total. The zero-order valence-corrected chi connectivity index (χ0v) is 15.0. The molecule has 0 aliphatic rings. The van der Waals surface area contributed by atoms with Gasteiger partial charge in [-0.05, 0) is 29.7 Å². The quantitative estimate of drug-likeness (QED) is 0.488. The monoisotopic (exact) mass is 389 g/mol. The first-order chi connectivity index (χ1) is 10.6. The van der Waals surface area contributed by atoms with Crippen LogP contribution < -0.4 is 10.6 Å². The third-order valence-electron chi connectivity index (χ3n) is 3.54. The molecule has 3 aromatic carbocycles. The Morgan fingerprint density at radius 2 is 1.70 bits per heavy atom. The van der Waals surface area contributed by atoms with E-state index in [0.717, 1.165) is 26.6 Å². The van der Waals surface area contributed by atoms with Crippen molar-refractivity contribution in [2.24, 2.45) is 10.7 Å². The van der Waals surface area contributed by atoms with Crippen LogP contribution in [0.25, 0.3) is 10.8 Å². The summed E-state index contributed by atoms with van der Waals surface area (Å²) in [7, 11) is 1.91. The molecule has 0 amide bonds. The van der Waals surface area contributed by atoms with E-state index in [2.05, 4.69) is 39.1 Å². The minimum absolute atomic E-state index is 0. The molecule has 3 nitrogen and oxygen atoms in total. The normalized spacial score (nSPS) is 11.1. The van der Waals surface area contributed by atoms with Gasteiger partial charge in [-0.25, -0.2) is 4.99 Å². The van der Waals surface area contributed by atoms with E-state index in [0.29, 0.717) is 5.96 Å². The lowest BCUT2D eigenvalue weighted by Gasteiger charge is -2.18. The highest BCUT2D eigenvalue weighted by Gasteiger charge is 2.07. The Hall–Kier alpha value is -2.04. The average Bonchev–Trinajstić information content (AvgIpc) is 2.54. The number of aliphatic imine (C=N–C) groups is 1. The van der Waals surface area contributed by atoms with Crippen LogP contribution in [-0.2, 0) is 0 Å². The van der Waals surface area contributed by atoms with Crippen LogP contribution in [-0.4, -0.2) is 13.0 Å². The van der Waals surface area contributed by atoms with Crippen LogP contribution in [0.1, 0.15) is 0 Å². The van der Waals surface area contributed by atoms with Crippen molar-refractivity contribution in [3.63, 3.8) is 0 Å². The Morgan fingerprint density at radius 1 is 1.00 bits per heavy atom. The Kier molecular flexibility index (Phi) is 5.64. The van der Waals surface area contributed by atoms with Crippen molar-refractivity contribution in [1.82, 2.24) is 0 Å². The molecule has 0 atom stereocenters.